The fourth-order valence-corrected chi connectivity index (χ4v) is 5.04. The third-order valence-electron chi connectivity index (χ3n) is 5.44. The van der Waals surface area contributed by atoms with E-state index in [1.54, 1.807) is 6.07 Å². The van der Waals surface area contributed by atoms with Crippen LogP contribution in [0.2, 0.25) is 0 Å². The Kier molecular flexibility index (Phi) is 5.17. The van der Waals surface area contributed by atoms with Crippen LogP contribution in [0.25, 0.3) is 5.82 Å². The van der Waals surface area contributed by atoms with E-state index in [0.717, 1.165) is 30.7 Å². The summed E-state index contributed by atoms with van der Waals surface area (Å²) in [5.41, 5.74) is 3.39. The molecule has 3 aromatic rings. The van der Waals surface area contributed by atoms with Crippen LogP contribution in [0.15, 0.2) is 22.7 Å². The summed E-state index contributed by atoms with van der Waals surface area (Å²) >= 11 is 1.49. The number of hydrogen-bond acceptors (Lipinski definition) is 6. The van der Waals surface area contributed by atoms with Crippen molar-refractivity contribution in [2.24, 2.45) is 5.92 Å². The lowest BCUT2D eigenvalue weighted by atomic mass is 9.90. The largest absolute Gasteiger partial charge is 0.453 e. The second-order valence-corrected chi connectivity index (χ2v) is 8.96. The highest BCUT2D eigenvalue weighted by molar-refractivity contribution is 7.14. The van der Waals surface area contributed by atoms with Gasteiger partial charge < -0.3 is 9.26 Å². The summed E-state index contributed by atoms with van der Waals surface area (Å²) in [5, 5.41) is 4.02. The Morgan fingerprint density at radius 1 is 1.28 bits per heavy atom. The highest BCUT2D eigenvalue weighted by Gasteiger charge is 2.23. The lowest BCUT2D eigenvalue weighted by Gasteiger charge is -2.16. The molecule has 1 atom stereocenters. The Morgan fingerprint density at radius 2 is 2.07 bits per heavy atom. The van der Waals surface area contributed by atoms with Crippen molar-refractivity contribution in [2.75, 3.05) is 6.61 Å². The minimum atomic E-state index is -0.425. The number of hydrogen-bond donors (Lipinski definition) is 0. The summed E-state index contributed by atoms with van der Waals surface area (Å²) in [6, 6.07) is 5.54. The van der Waals surface area contributed by atoms with E-state index in [0.29, 0.717) is 27.9 Å². The van der Waals surface area contributed by atoms with Crippen LogP contribution in [0.5, 0.6) is 0 Å². The molecule has 0 amide bonds. The van der Waals surface area contributed by atoms with Crippen molar-refractivity contribution in [3.63, 3.8) is 0 Å². The number of aromatic nitrogens is 2. The first-order chi connectivity index (χ1) is 13.8. The van der Waals surface area contributed by atoms with Crippen LogP contribution in [0.1, 0.15) is 61.0 Å². The van der Waals surface area contributed by atoms with Crippen molar-refractivity contribution in [1.29, 1.82) is 0 Å². The molecule has 4 rings (SSSR count). The van der Waals surface area contributed by atoms with E-state index in [9.17, 15) is 9.59 Å². The topological polar surface area (TPSA) is 74.3 Å². The molecule has 152 valence electrons. The number of fused-ring (bicyclic) bond motifs is 1. The predicted molar refractivity (Wildman–Crippen MR) is 110 cm³/mol. The predicted octanol–water partition coefficient (Wildman–Crippen LogP) is 4.62. The molecule has 0 aromatic carbocycles. The van der Waals surface area contributed by atoms with E-state index in [1.807, 2.05) is 37.5 Å². The van der Waals surface area contributed by atoms with E-state index in [1.165, 1.54) is 21.8 Å². The minimum Gasteiger partial charge on any atom is -0.453 e. The van der Waals surface area contributed by atoms with E-state index in [4.69, 9.17) is 9.26 Å². The Bertz CT molecular complexity index is 1090. The summed E-state index contributed by atoms with van der Waals surface area (Å²) in [7, 11) is 0. The Balaban J connectivity index is 1.46. The van der Waals surface area contributed by atoms with E-state index >= 15 is 0 Å². The third-order valence-corrected chi connectivity index (χ3v) is 6.66. The van der Waals surface area contributed by atoms with Gasteiger partial charge in [-0.15, -0.1) is 11.3 Å². The summed E-state index contributed by atoms with van der Waals surface area (Å²) in [4.78, 5) is 27.0. The zero-order valence-electron chi connectivity index (χ0n) is 17.1. The molecule has 1 aliphatic carbocycles. The van der Waals surface area contributed by atoms with Gasteiger partial charge >= 0.3 is 5.97 Å². The maximum atomic E-state index is 12.7. The van der Waals surface area contributed by atoms with Crippen LogP contribution in [0.4, 0.5) is 0 Å². The summed E-state index contributed by atoms with van der Waals surface area (Å²) in [6.45, 7) is 7.52. The van der Waals surface area contributed by atoms with E-state index < -0.39 is 5.97 Å². The quantitative estimate of drug-likeness (QED) is 0.452. The Morgan fingerprint density at radius 3 is 2.79 bits per heavy atom. The molecular formula is C22H24N2O4S. The standard InChI is InChI=1S/C22H24N2O4S/c1-12-5-6-19-16(7-12)10-20(29-19)22(26)27-11-18(25)17-8-13(2)24(15(17)4)21-9-14(3)28-23-21/h8-10,12H,5-7,11H2,1-4H3/t12-/m0/s1. The van der Waals surface area contributed by atoms with Crippen LogP contribution in [-0.2, 0) is 17.6 Å². The van der Waals surface area contributed by atoms with Gasteiger partial charge in [0.2, 0.25) is 5.78 Å². The molecule has 29 heavy (non-hydrogen) atoms. The van der Waals surface area contributed by atoms with Gasteiger partial charge in [-0.3, -0.25) is 9.36 Å². The summed E-state index contributed by atoms with van der Waals surface area (Å²) in [6.07, 6.45) is 3.17. The summed E-state index contributed by atoms with van der Waals surface area (Å²) < 4.78 is 12.3. The number of Topliss-reactive ketones (excluding diaryl/α,β-unsaturated/α-hetero) is 1. The van der Waals surface area contributed by atoms with E-state index in [-0.39, 0.29) is 12.4 Å². The number of ether oxygens (including phenoxy) is 1. The average molecular weight is 413 g/mol. The van der Waals surface area contributed by atoms with Crippen molar-refractivity contribution < 1.29 is 18.8 Å². The van der Waals surface area contributed by atoms with Crippen LogP contribution in [0.3, 0.4) is 0 Å². The molecule has 6 nitrogen and oxygen atoms in total. The maximum Gasteiger partial charge on any atom is 0.348 e. The SMILES string of the molecule is Cc1cc(-n2c(C)cc(C(=O)COC(=O)c3cc4c(s3)CC[C@H](C)C4)c2C)no1. The molecular weight excluding hydrogens is 388 g/mol. The average Bonchev–Trinajstić information content (AvgIpc) is 3.36. The number of carbonyl (C=O) groups is 2. The number of nitrogens with zero attached hydrogens (tertiary/aromatic N) is 2. The van der Waals surface area contributed by atoms with Crippen molar-refractivity contribution in [2.45, 2.75) is 47.0 Å². The second-order valence-electron chi connectivity index (χ2n) is 7.82. The lowest BCUT2D eigenvalue weighted by Crippen LogP contribution is -2.14. The first-order valence-corrected chi connectivity index (χ1v) is 10.6. The van der Waals surface area contributed by atoms with Gasteiger partial charge in [-0.2, -0.15) is 0 Å². The van der Waals surface area contributed by atoms with Crippen LogP contribution >= 0.6 is 11.3 Å². The molecule has 0 unspecified atom stereocenters. The van der Waals surface area contributed by atoms with Crippen LogP contribution < -0.4 is 0 Å². The molecule has 1 aliphatic rings. The molecule has 3 aromatic heterocycles. The molecule has 0 aliphatic heterocycles. The Hall–Kier alpha value is -2.67. The number of aryl methyl sites for hydroxylation is 3. The molecule has 0 saturated heterocycles. The summed E-state index contributed by atoms with van der Waals surface area (Å²) in [5.74, 6) is 1.32. The van der Waals surface area contributed by atoms with Crippen LogP contribution in [0, 0.1) is 26.7 Å². The first-order valence-electron chi connectivity index (χ1n) is 9.78. The minimum absolute atomic E-state index is 0.229. The number of rotatable bonds is 5. The van der Waals surface area contributed by atoms with Crippen LogP contribution in [-0.4, -0.2) is 28.1 Å². The monoisotopic (exact) mass is 412 g/mol. The molecule has 3 heterocycles. The van der Waals surface area contributed by atoms with Gasteiger partial charge in [-0.1, -0.05) is 12.1 Å². The van der Waals surface area contributed by atoms with Crippen molar-refractivity contribution in [3.05, 3.63) is 56.2 Å². The van der Waals surface area contributed by atoms with Gasteiger partial charge in [0.1, 0.15) is 10.6 Å². The van der Waals surface area contributed by atoms with Gasteiger partial charge in [0, 0.05) is 27.9 Å². The molecule has 7 heteroatoms. The van der Waals surface area contributed by atoms with Gasteiger partial charge in [0.15, 0.2) is 12.4 Å². The molecule has 0 bridgehead atoms. The number of thiophene rings is 1. The zero-order chi connectivity index (χ0) is 20.7. The first kappa shape index (κ1) is 19.6. The van der Waals surface area contributed by atoms with E-state index in [2.05, 4.69) is 12.1 Å². The van der Waals surface area contributed by atoms with Gasteiger partial charge in [0.05, 0.1) is 0 Å². The molecule has 0 saturated carbocycles. The lowest BCUT2D eigenvalue weighted by molar-refractivity contribution is 0.0479. The van der Waals surface area contributed by atoms with Crippen molar-refractivity contribution in [3.8, 4) is 5.82 Å². The normalized spacial score (nSPS) is 15.9. The molecule has 0 radical (unpaired) electrons. The number of carbonyl (C=O) groups excluding carboxylic acids is 2. The second kappa shape index (κ2) is 7.63. The highest BCUT2D eigenvalue weighted by atomic mass is 32.1. The third kappa shape index (κ3) is 3.79. The van der Waals surface area contributed by atoms with Gasteiger partial charge in [-0.05, 0) is 63.6 Å². The Labute approximate surface area is 173 Å². The number of esters is 1. The molecule has 0 fully saturated rings. The highest BCUT2D eigenvalue weighted by Crippen LogP contribution is 2.32. The smallest absolute Gasteiger partial charge is 0.348 e. The molecule has 0 spiro atoms. The van der Waals surface area contributed by atoms with Gasteiger partial charge in [0.25, 0.3) is 0 Å². The van der Waals surface area contributed by atoms with Crippen molar-refractivity contribution in [1.82, 2.24) is 9.72 Å². The number of ketones is 1. The maximum absolute atomic E-state index is 12.7. The fraction of sp³-hybridized carbons (Fsp3) is 0.409. The molecule has 0 N–H and O–H groups in total. The van der Waals surface area contributed by atoms with Crippen molar-refractivity contribution >= 4 is 23.1 Å². The van der Waals surface area contributed by atoms with Gasteiger partial charge in [-0.25, -0.2) is 4.79 Å². The zero-order valence-corrected chi connectivity index (χ0v) is 17.9. The fourth-order valence-electron chi connectivity index (χ4n) is 3.94.